The van der Waals surface area contributed by atoms with E-state index in [9.17, 15) is 14.4 Å². The number of carbonyl (C=O) groups is 3. The second-order valence-electron chi connectivity index (χ2n) is 4.89. The van der Waals surface area contributed by atoms with Crippen LogP contribution in [-0.2, 0) is 9.59 Å². The van der Waals surface area contributed by atoms with Crippen LogP contribution in [0.1, 0.15) is 5.76 Å². The number of urea groups is 1. The Morgan fingerprint density at radius 2 is 1.78 bits per heavy atom. The number of halogens is 1. The predicted molar refractivity (Wildman–Crippen MR) is 83.4 cm³/mol. The molecular weight excluding hydrogens is 320 g/mol. The highest BCUT2D eigenvalue weighted by molar-refractivity contribution is 6.31. The standard InChI is InChI=1S/C16H11ClN2O4/c1-19-15(21)12(14(20)18-16(19)22)8-11-6-7-13(23-11)9-2-4-10(17)5-3-9/h2-8H,1H3,(H,18,20,22). The van der Waals surface area contributed by atoms with Gasteiger partial charge in [-0.25, -0.2) is 4.79 Å². The third kappa shape index (κ3) is 2.89. The summed E-state index contributed by atoms with van der Waals surface area (Å²) in [6.07, 6.45) is 1.31. The van der Waals surface area contributed by atoms with Crippen molar-refractivity contribution in [2.75, 3.05) is 7.05 Å². The third-order valence-corrected chi connectivity index (χ3v) is 3.60. The Hall–Kier alpha value is -2.86. The molecule has 1 aliphatic heterocycles. The third-order valence-electron chi connectivity index (χ3n) is 3.35. The second-order valence-corrected chi connectivity index (χ2v) is 5.33. The minimum Gasteiger partial charge on any atom is -0.457 e. The summed E-state index contributed by atoms with van der Waals surface area (Å²) in [5.41, 5.74) is 0.648. The molecule has 2 aromatic rings. The molecule has 4 amide bonds. The molecule has 1 aromatic heterocycles. The summed E-state index contributed by atoms with van der Waals surface area (Å²) >= 11 is 5.84. The van der Waals surface area contributed by atoms with Crippen molar-refractivity contribution < 1.29 is 18.8 Å². The highest BCUT2D eigenvalue weighted by atomic mass is 35.5. The summed E-state index contributed by atoms with van der Waals surface area (Å²) in [7, 11) is 1.29. The number of rotatable bonds is 2. The Labute approximate surface area is 136 Å². The Balaban J connectivity index is 1.91. The fourth-order valence-electron chi connectivity index (χ4n) is 2.09. The van der Waals surface area contributed by atoms with Crippen LogP contribution in [0, 0.1) is 0 Å². The lowest BCUT2D eigenvalue weighted by molar-refractivity contribution is -0.129. The maximum Gasteiger partial charge on any atom is 0.331 e. The van der Waals surface area contributed by atoms with Gasteiger partial charge in [-0.3, -0.25) is 19.8 Å². The minimum atomic E-state index is -0.751. The Kier molecular flexibility index (Phi) is 3.75. The van der Waals surface area contributed by atoms with Gasteiger partial charge in [0.2, 0.25) is 0 Å². The zero-order chi connectivity index (χ0) is 16.6. The number of nitrogens with zero attached hydrogens (tertiary/aromatic N) is 1. The number of likely N-dealkylation sites (N-methyl/N-ethyl adjacent to an activating group) is 1. The van der Waals surface area contributed by atoms with Gasteiger partial charge in [-0.05, 0) is 42.5 Å². The van der Waals surface area contributed by atoms with Crippen LogP contribution >= 0.6 is 11.6 Å². The summed E-state index contributed by atoms with van der Waals surface area (Å²) in [6, 6.07) is 9.65. The average molecular weight is 331 g/mol. The quantitative estimate of drug-likeness (QED) is 0.678. The van der Waals surface area contributed by atoms with Crippen LogP contribution in [0.4, 0.5) is 4.79 Å². The lowest BCUT2D eigenvalue weighted by atomic mass is 10.1. The smallest absolute Gasteiger partial charge is 0.331 e. The van der Waals surface area contributed by atoms with Crippen molar-refractivity contribution in [2.45, 2.75) is 0 Å². The molecule has 6 nitrogen and oxygen atoms in total. The molecule has 23 heavy (non-hydrogen) atoms. The van der Waals surface area contributed by atoms with E-state index in [4.69, 9.17) is 16.0 Å². The number of imide groups is 2. The molecule has 3 rings (SSSR count). The lowest BCUT2D eigenvalue weighted by Crippen LogP contribution is -2.52. The molecule has 7 heteroatoms. The van der Waals surface area contributed by atoms with Crippen molar-refractivity contribution >= 4 is 35.5 Å². The van der Waals surface area contributed by atoms with Crippen LogP contribution in [0.3, 0.4) is 0 Å². The molecule has 1 saturated heterocycles. The minimum absolute atomic E-state index is 0.163. The van der Waals surface area contributed by atoms with Crippen LogP contribution in [0.25, 0.3) is 17.4 Å². The normalized spacial score (nSPS) is 16.9. The van der Waals surface area contributed by atoms with Gasteiger partial charge in [0.15, 0.2) is 0 Å². The van der Waals surface area contributed by atoms with E-state index in [0.717, 1.165) is 10.5 Å². The number of barbiturate groups is 1. The molecular formula is C16H11ClN2O4. The number of furan rings is 1. The van der Waals surface area contributed by atoms with Crippen molar-refractivity contribution in [1.82, 2.24) is 10.2 Å². The molecule has 0 aliphatic carbocycles. The molecule has 0 unspecified atom stereocenters. The Morgan fingerprint density at radius 3 is 2.48 bits per heavy atom. The van der Waals surface area contributed by atoms with E-state index < -0.39 is 17.8 Å². The van der Waals surface area contributed by atoms with E-state index in [1.807, 2.05) is 0 Å². The number of hydrogen-bond acceptors (Lipinski definition) is 4. The van der Waals surface area contributed by atoms with Crippen molar-refractivity contribution in [3.8, 4) is 11.3 Å². The van der Waals surface area contributed by atoms with Crippen LogP contribution in [0.5, 0.6) is 0 Å². The van der Waals surface area contributed by atoms with Crippen LogP contribution < -0.4 is 5.32 Å². The molecule has 1 fully saturated rings. The first-order valence-electron chi connectivity index (χ1n) is 6.66. The average Bonchev–Trinajstić information content (AvgIpc) is 2.99. The van der Waals surface area contributed by atoms with Gasteiger partial charge < -0.3 is 4.42 Å². The molecule has 0 atom stereocenters. The van der Waals surface area contributed by atoms with E-state index in [-0.39, 0.29) is 5.57 Å². The predicted octanol–water partition coefficient (Wildman–Crippen LogP) is 2.69. The topological polar surface area (TPSA) is 79.6 Å². The SMILES string of the molecule is CN1C(=O)NC(=O)C(=Cc2ccc(-c3ccc(Cl)cc3)o2)C1=O. The largest absolute Gasteiger partial charge is 0.457 e. The number of benzene rings is 1. The maximum atomic E-state index is 12.0. The molecule has 0 spiro atoms. The molecule has 1 aliphatic rings. The number of nitrogens with one attached hydrogen (secondary N) is 1. The van der Waals surface area contributed by atoms with Gasteiger partial charge >= 0.3 is 6.03 Å². The summed E-state index contributed by atoms with van der Waals surface area (Å²) in [6.45, 7) is 0. The van der Waals surface area contributed by atoms with Crippen molar-refractivity contribution in [3.05, 3.63) is 52.8 Å². The summed E-state index contributed by atoms with van der Waals surface area (Å²) in [5, 5.41) is 2.69. The van der Waals surface area contributed by atoms with Crippen LogP contribution in [0.15, 0.2) is 46.4 Å². The number of hydrogen-bond donors (Lipinski definition) is 1. The summed E-state index contributed by atoms with van der Waals surface area (Å²) in [4.78, 5) is 35.9. The molecule has 1 aromatic carbocycles. The van der Waals surface area contributed by atoms with Crippen molar-refractivity contribution in [3.63, 3.8) is 0 Å². The van der Waals surface area contributed by atoms with Gasteiger partial charge in [0, 0.05) is 17.6 Å². The second kappa shape index (κ2) is 5.73. The maximum absolute atomic E-state index is 12.0. The first kappa shape index (κ1) is 15.1. The van der Waals surface area contributed by atoms with E-state index in [1.165, 1.54) is 13.1 Å². The van der Waals surface area contributed by atoms with Gasteiger partial charge in [0.1, 0.15) is 17.1 Å². The van der Waals surface area contributed by atoms with Gasteiger partial charge in [-0.1, -0.05) is 11.6 Å². The zero-order valence-electron chi connectivity index (χ0n) is 12.0. The van der Waals surface area contributed by atoms with Gasteiger partial charge in [0.05, 0.1) is 0 Å². The fourth-order valence-corrected chi connectivity index (χ4v) is 2.21. The van der Waals surface area contributed by atoms with Gasteiger partial charge in [0.25, 0.3) is 11.8 Å². The van der Waals surface area contributed by atoms with Crippen molar-refractivity contribution in [2.24, 2.45) is 0 Å². The number of amides is 4. The van der Waals surface area contributed by atoms with Crippen LogP contribution in [-0.4, -0.2) is 29.8 Å². The van der Waals surface area contributed by atoms with Gasteiger partial charge in [-0.2, -0.15) is 0 Å². The monoisotopic (exact) mass is 330 g/mol. The Morgan fingerprint density at radius 1 is 1.09 bits per heavy atom. The first-order valence-corrected chi connectivity index (χ1v) is 7.04. The summed E-state index contributed by atoms with van der Waals surface area (Å²) in [5.74, 6) is -0.524. The number of carbonyl (C=O) groups excluding carboxylic acids is 3. The van der Waals surface area contributed by atoms with E-state index in [1.54, 1.807) is 36.4 Å². The van der Waals surface area contributed by atoms with E-state index in [0.29, 0.717) is 16.5 Å². The fraction of sp³-hybridized carbons (Fsp3) is 0.0625. The molecule has 1 N–H and O–H groups in total. The molecule has 0 saturated carbocycles. The first-order chi connectivity index (χ1) is 11.0. The highest BCUT2D eigenvalue weighted by Gasteiger charge is 2.33. The molecule has 0 bridgehead atoms. The van der Waals surface area contributed by atoms with E-state index >= 15 is 0 Å². The Bertz CT molecular complexity index is 836. The van der Waals surface area contributed by atoms with Crippen LogP contribution in [0.2, 0.25) is 5.02 Å². The van der Waals surface area contributed by atoms with Gasteiger partial charge in [-0.15, -0.1) is 0 Å². The van der Waals surface area contributed by atoms with Crippen molar-refractivity contribution in [1.29, 1.82) is 0 Å². The molecule has 0 radical (unpaired) electrons. The zero-order valence-corrected chi connectivity index (χ0v) is 12.8. The van der Waals surface area contributed by atoms with E-state index in [2.05, 4.69) is 5.32 Å². The lowest BCUT2D eigenvalue weighted by Gasteiger charge is -2.21. The molecule has 2 heterocycles. The summed E-state index contributed by atoms with van der Waals surface area (Å²) < 4.78 is 5.62. The molecule has 116 valence electrons. The highest BCUT2D eigenvalue weighted by Crippen LogP contribution is 2.25.